The van der Waals surface area contributed by atoms with Gasteiger partial charge in [-0.15, -0.1) is 11.8 Å². The van der Waals surface area contributed by atoms with Crippen molar-refractivity contribution >= 4 is 27.7 Å². The van der Waals surface area contributed by atoms with Gasteiger partial charge in [0, 0.05) is 9.37 Å². The highest BCUT2D eigenvalue weighted by molar-refractivity contribution is 9.10. The van der Waals surface area contributed by atoms with E-state index in [1.165, 1.54) is 0 Å². The summed E-state index contributed by atoms with van der Waals surface area (Å²) in [6, 6.07) is 15.7. The number of thioether (sulfide) groups is 1. The molecule has 0 aliphatic rings. The number of aliphatic hydroxyl groups excluding tert-OH is 1. The molecule has 0 radical (unpaired) electrons. The van der Waals surface area contributed by atoms with E-state index in [4.69, 9.17) is 0 Å². The third-order valence-electron chi connectivity index (χ3n) is 2.62. The molecule has 1 nitrogen and oxygen atoms in total. The molecule has 3 heteroatoms. The lowest BCUT2D eigenvalue weighted by Gasteiger charge is -2.14. The molecular weight excluding hydrogens is 296 g/mol. The smallest absolute Gasteiger partial charge is 0.105 e. The molecule has 1 unspecified atom stereocenters. The number of hydrogen-bond donors (Lipinski definition) is 1. The Hall–Kier alpha value is -0.770. The monoisotopic (exact) mass is 308 g/mol. The van der Waals surface area contributed by atoms with E-state index in [1.807, 2.05) is 54.8 Å². The second-order valence-electron chi connectivity index (χ2n) is 3.70. The fraction of sp³-hybridized carbons (Fsp3) is 0.143. The molecular formula is C14H13BrOS. The van der Waals surface area contributed by atoms with Crippen molar-refractivity contribution in [1.82, 2.24) is 0 Å². The molecule has 0 aromatic heterocycles. The van der Waals surface area contributed by atoms with E-state index in [2.05, 4.69) is 15.9 Å². The van der Waals surface area contributed by atoms with E-state index in [9.17, 15) is 5.11 Å². The molecule has 2 aromatic rings. The summed E-state index contributed by atoms with van der Waals surface area (Å²) in [7, 11) is 0. The lowest BCUT2D eigenvalue weighted by Crippen LogP contribution is -2.00. The van der Waals surface area contributed by atoms with Gasteiger partial charge < -0.3 is 5.11 Å². The Balaban J connectivity index is 2.36. The van der Waals surface area contributed by atoms with E-state index < -0.39 is 6.10 Å². The van der Waals surface area contributed by atoms with Crippen LogP contribution in [0.3, 0.4) is 0 Å². The van der Waals surface area contributed by atoms with Crippen molar-refractivity contribution in [3.05, 3.63) is 64.1 Å². The lowest BCUT2D eigenvalue weighted by molar-refractivity contribution is 0.217. The number of rotatable bonds is 3. The van der Waals surface area contributed by atoms with Crippen LogP contribution >= 0.6 is 27.7 Å². The van der Waals surface area contributed by atoms with Gasteiger partial charge in [-0.3, -0.25) is 0 Å². The normalized spacial score (nSPS) is 12.4. The van der Waals surface area contributed by atoms with Crippen LogP contribution in [0.5, 0.6) is 0 Å². The Morgan fingerprint density at radius 2 is 1.71 bits per heavy atom. The molecule has 0 amide bonds. The first-order valence-corrected chi connectivity index (χ1v) is 7.30. The summed E-state index contributed by atoms with van der Waals surface area (Å²) in [5, 5.41) is 10.4. The highest BCUT2D eigenvalue weighted by atomic mass is 79.9. The van der Waals surface area contributed by atoms with Gasteiger partial charge in [0.2, 0.25) is 0 Å². The predicted molar refractivity (Wildman–Crippen MR) is 76.4 cm³/mol. The van der Waals surface area contributed by atoms with Gasteiger partial charge in [-0.1, -0.05) is 46.3 Å². The van der Waals surface area contributed by atoms with Crippen molar-refractivity contribution in [3.8, 4) is 0 Å². The zero-order chi connectivity index (χ0) is 12.3. The average molecular weight is 309 g/mol. The maximum Gasteiger partial charge on any atom is 0.105 e. The van der Waals surface area contributed by atoms with Crippen molar-refractivity contribution in [2.45, 2.75) is 11.0 Å². The number of aliphatic hydroxyl groups is 1. The van der Waals surface area contributed by atoms with Gasteiger partial charge in [-0.2, -0.15) is 0 Å². The summed E-state index contributed by atoms with van der Waals surface area (Å²) >= 11 is 5.05. The van der Waals surface area contributed by atoms with Crippen molar-refractivity contribution in [1.29, 1.82) is 0 Å². The van der Waals surface area contributed by atoms with Crippen LogP contribution in [0.2, 0.25) is 0 Å². The van der Waals surface area contributed by atoms with Gasteiger partial charge in [0.15, 0.2) is 0 Å². The Morgan fingerprint density at radius 3 is 2.35 bits per heavy atom. The predicted octanol–water partition coefficient (Wildman–Crippen LogP) is 4.25. The maximum absolute atomic E-state index is 10.4. The maximum atomic E-state index is 10.4. The molecule has 2 aromatic carbocycles. The first-order chi connectivity index (χ1) is 8.22. The van der Waals surface area contributed by atoms with E-state index in [0.29, 0.717) is 0 Å². The highest BCUT2D eigenvalue weighted by Gasteiger charge is 2.13. The van der Waals surface area contributed by atoms with Crippen molar-refractivity contribution in [2.24, 2.45) is 0 Å². The van der Waals surface area contributed by atoms with Gasteiger partial charge >= 0.3 is 0 Å². The topological polar surface area (TPSA) is 20.2 Å². The van der Waals surface area contributed by atoms with Crippen LogP contribution in [0.1, 0.15) is 17.2 Å². The van der Waals surface area contributed by atoms with Crippen LogP contribution in [0.4, 0.5) is 0 Å². The van der Waals surface area contributed by atoms with Gasteiger partial charge in [0.25, 0.3) is 0 Å². The number of benzene rings is 2. The first kappa shape index (κ1) is 12.7. The Kier molecular flexibility index (Phi) is 4.26. The minimum absolute atomic E-state index is 0.563. The number of hydrogen-bond acceptors (Lipinski definition) is 2. The minimum Gasteiger partial charge on any atom is -0.384 e. The standard InChI is InChI=1S/C14H13BrOS/c1-17-13-5-3-2-4-12(13)14(16)10-6-8-11(15)9-7-10/h2-9,14,16H,1H3. The van der Waals surface area contributed by atoms with Crippen molar-refractivity contribution < 1.29 is 5.11 Å². The molecule has 0 aliphatic heterocycles. The largest absolute Gasteiger partial charge is 0.384 e. The van der Waals surface area contributed by atoms with Gasteiger partial charge in [-0.05, 0) is 35.6 Å². The zero-order valence-corrected chi connectivity index (χ0v) is 11.8. The zero-order valence-electron chi connectivity index (χ0n) is 9.43. The van der Waals surface area contributed by atoms with E-state index >= 15 is 0 Å². The third kappa shape index (κ3) is 2.92. The van der Waals surface area contributed by atoms with Crippen LogP contribution in [-0.2, 0) is 0 Å². The average Bonchev–Trinajstić information content (AvgIpc) is 2.39. The summed E-state index contributed by atoms with van der Waals surface area (Å²) in [5.74, 6) is 0. The van der Waals surface area contributed by atoms with Crippen LogP contribution in [-0.4, -0.2) is 11.4 Å². The molecule has 0 saturated carbocycles. The Labute approximate surface area is 114 Å². The molecule has 0 spiro atoms. The van der Waals surface area contributed by atoms with Crippen LogP contribution in [0, 0.1) is 0 Å². The van der Waals surface area contributed by atoms with E-state index in [-0.39, 0.29) is 0 Å². The van der Waals surface area contributed by atoms with Gasteiger partial charge in [-0.25, -0.2) is 0 Å². The Morgan fingerprint density at radius 1 is 1.06 bits per heavy atom. The summed E-state index contributed by atoms with van der Waals surface area (Å²) in [5.41, 5.74) is 1.87. The summed E-state index contributed by atoms with van der Waals surface area (Å²) in [6.45, 7) is 0. The van der Waals surface area contributed by atoms with Crippen molar-refractivity contribution in [2.75, 3.05) is 6.26 Å². The molecule has 0 aliphatic carbocycles. The summed E-state index contributed by atoms with van der Waals surface area (Å²) in [6.07, 6.45) is 1.46. The van der Waals surface area contributed by atoms with Gasteiger partial charge in [0.1, 0.15) is 6.10 Å². The van der Waals surface area contributed by atoms with Crippen LogP contribution in [0.25, 0.3) is 0 Å². The molecule has 1 N–H and O–H groups in total. The van der Waals surface area contributed by atoms with Crippen LogP contribution < -0.4 is 0 Å². The second-order valence-corrected chi connectivity index (χ2v) is 5.46. The SMILES string of the molecule is CSc1ccccc1C(O)c1ccc(Br)cc1. The fourth-order valence-corrected chi connectivity index (χ4v) is 2.61. The molecule has 2 rings (SSSR count). The van der Waals surface area contributed by atoms with Crippen LogP contribution in [0.15, 0.2) is 57.9 Å². The van der Waals surface area contributed by atoms with Gasteiger partial charge in [0.05, 0.1) is 0 Å². The second kappa shape index (κ2) is 5.71. The van der Waals surface area contributed by atoms with E-state index in [0.717, 1.165) is 20.5 Å². The highest BCUT2D eigenvalue weighted by Crippen LogP contribution is 2.30. The molecule has 0 fully saturated rings. The molecule has 88 valence electrons. The molecule has 17 heavy (non-hydrogen) atoms. The third-order valence-corrected chi connectivity index (χ3v) is 3.96. The van der Waals surface area contributed by atoms with E-state index in [1.54, 1.807) is 11.8 Å². The molecule has 1 atom stereocenters. The first-order valence-electron chi connectivity index (χ1n) is 5.29. The lowest BCUT2D eigenvalue weighted by atomic mass is 10.0. The summed E-state index contributed by atoms with van der Waals surface area (Å²) in [4.78, 5) is 1.11. The van der Waals surface area contributed by atoms with Crippen molar-refractivity contribution in [3.63, 3.8) is 0 Å². The quantitative estimate of drug-likeness (QED) is 0.855. The number of halogens is 1. The molecule has 0 bridgehead atoms. The Bertz CT molecular complexity index is 496. The molecule has 0 saturated heterocycles. The molecule has 0 heterocycles. The summed E-state index contributed by atoms with van der Waals surface area (Å²) < 4.78 is 1.02. The fourth-order valence-electron chi connectivity index (χ4n) is 1.72. The minimum atomic E-state index is -0.563.